The zero-order chi connectivity index (χ0) is 17.6. The molecule has 0 aliphatic carbocycles. The third kappa shape index (κ3) is 4.67. The predicted molar refractivity (Wildman–Crippen MR) is 94.1 cm³/mol. The Kier molecular flexibility index (Phi) is 5.83. The van der Waals surface area contributed by atoms with Gasteiger partial charge in [-0.15, -0.1) is 0 Å². The fourth-order valence-electron chi connectivity index (χ4n) is 3.25. The Morgan fingerprint density at radius 3 is 2.96 bits per heavy atom. The van der Waals surface area contributed by atoms with E-state index in [1.807, 2.05) is 27.7 Å². The molecule has 134 valence electrons. The number of aliphatic hydroxyl groups is 1. The van der Waals surface area contributed by atoms with Gasteiger partial charge in [-0.1, -0.05) is 30.3 Å². The van der Waals surface area contributed by atoms with Gasteiger partial charge in [0.05, 0.1) is 38.1 Å². The standard InChI is InChI=1S/C19H25N3O3/c1-15(23)9-18-13-25-8-7-22(18)19(24)10-17-11-20-14-21(17)12-16-5-3-2-4-6-16/h2-6,11,14-15,18,23H,7-10,12-13H2,1H3. The lowest BCUT2D eigenvalue weighted by molar-refractivity contribution is -0.140. The van der Waals surface area contributed by atoms with Crippen molar-refractivity contribution >= 4 is 5.91 Å². The fourth-order valence-corrected chi connectivity index (χ4v) is 3.25. The summed E-state index contributed by atoms with van der Waals surface area (Å²) in [7, 11) is 0. The number of aromatic nitrogens is 2. The maximum absolute atomic E-state index is 12.8. The number of carbonyl (C=O) groups excluding carboxylic acids is 1. The molecule has 1 aliphatic heterocycles. The average Bonchev–Trinajstić information content (AvgIpc) is 3.02. The van der Waals surface area contributed by atoms with E-state index in [0.717, 1.165) is 5.69 Å². The van der Waals surface area contributed by atoms with E-state index < -0.39 is 6.10 Å². The molecule has 1 aromatic carbocycles. The molecule has 25 heavy (non-hydrogen) atoms. The van der Waals surface area contributed by atoms with Crippen molar-refractivity contribution in [3.05, 3.63) is 54.1 Å². The summed E-state index contributed by atoms with van der Waals surface area (Å²) in [6.07, 6.45) is 3.91. The van der Waals surface area contributed by atoms with Crippen LogP contribution in [0.2, 0.25) is 0 Å². The molecular formula is C19H25N3O3. The van der Waals surface area contributed by atoms with Crippen LogP contribution in [0.25, 0.3) is 0 Å². The van der Waals surface area contributed by atoms with Crippen molar-refractivity contribution in [2.45, 2.75) is 38.5 Å². The first-order valence-corrected chi connectivity index (χ1v) is 8.71. The van der Waals surface area contributed by atoms with Gasteiger partial charge in [-0.3, -0.25) is 4.79 Å². The van der Waals surface area contributed by atoms with Crippen molar-refractivity contribution in [2.24, 2.45) is 0 Å². The van der Waals surface area contributed by atoms with Crippen LogP contribution in [0.5, 0.6) is 0 Å². The van der Waals surface area contributed by atoms with E-state index in [9.17, 15) is 9.90 Å². The summed E-state index contributed by atoms with van der Waals surface area (Å²) in [5.74, 6) is 0.0590. The van der Waals surface area contributed by atoms with Crippen LogP contribution in [0.3, 0.4) is 0 Å². The quantitative estimate of drug-likeness (QED) is 0.862. The van der Waals surface area contributed by atoms with Crippen LogP contribution in [0.1, 0.15) is 24.6 Å². The molecule has 0 radical (unpaired) electrons. The molecule has 0 saturated carbocycles. The van der Waals surface area contributed by atoms with E-state index in [0.29, 0.717) is 39.1 Å². The number of amides is 1. The number of imidazole rings is 1. The third-order valence-corrected chi connectivity index (χ3v) is 4.49. The van der Waals surface area contributed by atoms with Gasteiger partial charge in [0.1, 0.15) is 0 Å². The van der Waals surface area contributed by atoms with Crippen LogP contribution in [0.4, 0.5) is 0 Å². The first kappa shape index (κ1) is 17.6. The molecule has 6 nitrogen and oxygen atoms in total. The van der Waals surface area contributed by atoms with Gasteiger partial charge >= 0.3 is 0 Å². The minimum Gasteiger partial charge on any atom is -0.393 e. The maximum atomic E-state index is 12.8. The average molecular weight is 343 g/mol. The highest BCUT2D eigenvalue weighted by molar-refractivity contribution is 5.78. The van der Waals surface area contributed by atoms with Crippen LogP contribution < -0.4 is 0 Å². The van der Waals surface area contributed by atoms with Crippen LogP contribution >= 0.6 is 0 Å². The number of carbonyl (C=O) groups is 1. The van der Waals surface area contributed by atoms with Gasteiger partial charge in [0, 0.05) is 25.0 Å². The summed E-state index contributed by atoms with van der Waals surface area (Å²) in [5.41, 5.74) is 2.07. The van der Waals surface area contributed by atoms with Crippen molar-refractivity contribution in [3.63, 3.8) is 0 Å². The Morgan fingerprint density at radius 2 is 2.20 bits per heavy atom. The van der Waals surface area contributed by atoms with E-state index in [1.165, 1.54) is 5.56 Å². The van der Waals surface area contributed by atoms with Crippen molar-refractivity contribution in [3.8, 4) is 0 Å². The fraction of sp³-hybridized carbons (Fsp3) is 0.474. The van der Waals surface area contributed by atoms with E-state index in [-0.39, 0.29) is 11.9 Å². The second-order valence-electron chi connectivity index (χ2n) is 6.58. The molecule has 1 saturated heterocycles. The Bertz CT molecular complexity index is 684. The lowest BCUT2D eigenvalue weighted by atomic mass is 10.1. The van der Waals surface area contributed by atoms with E-state index in [4.69, 9.17) is 4.74 Å². The smallest absolute Gasteiger partial charge is 0.228 e. The van der Waals surface area contributed by atoms with Gasteiger partial charge in [0.2, 0.25) is 5.91 Å². The molecule has 6 heteroatoms. The zero-order valence-corrected chi connectivity index (χ0v) is 14.5. The highest BCUT2D eigenvalue weighted by Gasteiger charge is 2.28. The molecular weight excluding hydrogens is 318 g/mol. The molecule has 2 atom stereocenters. The van der Waals surface area contributed by atoms with Crippen molar-refractivity contribution < 1.29 is 14.6 Å². The van der Waals surface area contributed by atoms with Crippen LogP contribution in [-0.2, 0) is 22.5 Å². The Morgan fingerprint density at radius 1 is 1.40 bits per heavy atom. The summed E-state index contributed by atoms with van der Waals surface area (Å²) in [6, 6.07) is 10.1. The van der Waals surface area contributed by atoms with Crippen LogP contribution in [-0.4, -0.2) is 57.4 Å². The first-order valence-electron chi connectivity index (χ1n) is 8.71. The summed E-state index contributed by atoms with van der Waals surface area (Å²) in [4.78, 5) is 18.9. The number of morpholine rings is 1. The number of nitrogens with zero attached hydrogens (tertiary/aromatic N) is 3. The monoisotopic (exact) mass is 343 g/mol. The van der Waals surface area contributed by atoms with Gasteiger partial charge in [-0.05, 0) is 18.9 Å². The van der Waals surface area contributed by atoms with E-state index in [1.54, 1.807) is 19.4 Å². The van der Waals surface area contributed by atoms with E-state index in [2.05, 4.69) is 17.1 Å². The summed E-state index contributed by atoms with van der Waals surface area (Å²) >= 11 is 0. The van der Waals surface area contributed by atoms with Gasteiger partial charge in [0.15, 0.2) is 0 Å². The molecule has 1 N–H and O–H groups in total. The molecule has 1 aliphatic rings. The van der Waals surface area contributed by atoms with E-state index >= 15 is 0 Å². The predicted octanol–water partition coefficient (Wildman–Crippen LogP) is 1.47. The molecule has 0 bridgehead atoms. The largest absolute Gasteiger partial charge is 0.393 e. The Labute approximate surface area is 148 Å². The molecule has 1 amide bonds. The number of benzene rings is 1. The summed E-state index contributed by atoms with van der Waals surface area (Å²) in [5, 5.41) is 9.66. The zero-order valence-electron chi connectivity index (χ0n) is 14.5. The number of ether oxygens (including phenoxy) is 1. The SMILES string of the molecule is CC(O)CC1COCCN1C(=O)Cc1cncn1Cc1ccccc1. The topological polar surface area (TPSA) is 67.6 Å². The first-order chi connectivity index (χ1) is 12.1. The lowest BCUT2D eigenvalue weighted by Gasteiger charge is -2.36. The molecule has 2 aromatic rings. The van der Waals surface area contributed by atoms with Crippen LogP contribution in [0, 0.1) is 0 Å². The summed E-state index contributed by atoms with van der Waals surface area (Å²) in [6.45, 7) is 4.05. The third-order valence-electron chi connectivity index (χ3n) is 4.49. The highest BCUT2D eigenvalue weighted by atomic mass is 16.5. The molecule has 1 aromatic heterocycles. The highest BCUT2D eigenvalue weighted by Crippen LogP contribution is 2.15. The lowest BCUT2D eigenvalue weighted by Crippen LogP contribution is -2.50. The molecule has 1 fully saturated rings. The molecule has 2 unspecified atom stereocenters. The maximum Gasteiger partial charge on any atom is 0.228 e. The Hall–Kier alpha value is -2.18. The second-order valence-corrected chi connectivity index (χ2v) is 6.58. The summed E-state index contributed by atoms with van der Waals surface area (Å²) < 4.78 is 7.49. The number of hydrogen-bond donors (Lipinski definition) is 1. The van der Waals surface area contributed by atoms with Crippen molar-refractivity contribution in [2.75, 3.05) is 19.8 Å². The normalized spacial score (nSPS) is 19.0. The molecule has 2 heterocycles. The number of hydrogen-bond acceptors (Lipinski definition) is 4. The number of rotatable bonds is 6. The molecule has 0 spiro atoms. The van der Waals surface area contributed by atoms with Gasteiger partial charge < -0.3 is 19.3 Å². The minimum absolute atomic E-state index is 0.0590. The molecule has 3 rings (SSSR count). The van der Waals surface area contributed by atoms with Gasteiger partial charge in [0.25, 0.3) is 0 Å². The van der Waals surface area contributed by atoms with Crippen molar-refractivity contribution in [1.82, 2.24) is 14.5 Å². The Balaban J connectivity index is 1.67. The minimum atomic E-state index is -0.453. The van der Waals surface area contributed by atoms with Gasteiger partial charge in [-0.25, -0.2) is 4.98 Å². The number of aliphatic hydroxyl groups excluding tert-OH is 1. The van der Waals surface area contributed by atoms with Crippen LogP contribution in [0.15, 0.2) is 42.9 Å². The van der Waals surface area contributed by atoms with Crippen molar-refractivity contribution in [1.29, 1.82) is 0 Å². The second kappa shape index (κ2) is 8.27. The van der Waals surface area contributed by atoms with Gasteiger partial charge in [-0.2, -0.15) is 0 Å².